The van der Waals surface area contributed by atoms with Crippen LogP contribution in [0.2, 0.25) is 5.02 Å². The van der Waals surface area contributed by atoms with Crippen molar-refractivity contribution in [2.45, 2.75) is 82.1 Å². The molecule has 0 radical (unpaired) electrons. The summed E-state index contributed by atoms with van der Waals surface area (Å²) in [7, 11) is 0. The Hall–Kier alpha value is -1.73. The summed E-state index contributed by atoms with van der Waals surface area (Å²) in [4.78, 5) is 17.8. The molecular formula is C24H30ClF2N3O2. The second-order valence-corrected chi connectivity index (χ2v) is 10.1. The van der Waals surface area contributed by atoms with Crippen molar-refractivity contribution >= 4 is 23.2 Å². The van der Waals surface area contributed by atoms with E-state index in [1.165, 1.54) is 6.42 Å². The smallest absolute Gasteiger partial charge is 0.253 e. The molecule has 174 valence electrons. The van der Waals surface area contributed by atoms with Crippen LogP contribution in [0, 0.1) is 5.92 Å². The normalized spacial score (nSPS) is 22.7. The van der Waals surface area contributed by atoms with Gasteiger partial charge in [-0.3, -0.25) is 4.79 Å². The number of rotatable bonds is 5. The number of pyridine rings is 1. The summed E-state index contributed by atoms with van der Waals surface area (Å²) >= 11 is 6.57. The molecule has 3 aliphatic rings. The van der Waals surface area contributed by atoms with E-state index in [-0.39, 0.29) is 30.7 Å². The van der Waals surface area contributed by atoms with Gasteiger partial charge in [-0.1, -0.05) is 18.0 Å². The van der Waals surface area contributed by atoms with Gasteiger partial charge in [-0.05, 0) is 56.9 Å². The third kappa shape index (κ3) is 4.51. The standard InChI is InChI=1S/C24H30ClF2N3O2/c25-19-14-30-20(12-15-4-8-24(26,27)9-5-15)22(16-2-1-3-16)29-21(30)13-18(19)23(31)28-17-6-10-32-11-7-17/h13-17H,1-12H2,(H,28,31). The fourth-order valence-corrected chi connectivity index (χ4v) is 5.44. The molecule has 3 fully saturated rings. The molecule has 2 aliphatic carbocycles. The summed E-state index contributed by atoms with van der Waals surface area (Å²) in [5.74, 6) is -2.08. The fourth-order valence-electron chi connectivity index (χ4n) is 5.20. The van der Waals surface area contributed by atoms with E-state index in [0.717, 1.165) is 43.5 Å². The minimum atomic E-state index is -2.52. The molecule has 32 heavy (non-hydrogen) atoms. The van der Waals surface area contributed by atoms with Gasteiger partial charge in [-0.25, -0.2) is 13.8 Å². The van der Waals surface area contributed by atoms with Crippen molar-refractivity contribution in [1.29, 1.82) is 0 Å². The van der Waals surface area contributed by atoms with Crippen molar-refractivity contribution < 1.29 is 18.3 Å². The molecule has 0 spiro atoms. The zero-order chi connectivity index (χ0) is 22.3. The van der Waals surface area contributed by atoms with Gasteiger partial charge in [0.25, 0.3) is 5.91 Å². The third-order valence-corrected chi connectivity index (χ3v) is 7.75. The van der Waals surface area contributed by atoms with Gasteiger partial charge in [0.15, 0.2) is 0 Å². The molecule has 1 amide bonds. The minimum absolute atomic E-state index is 0.0373. The van der Waals surface area contributed by atoms with Crippen LogP contribution >= 0.6 is 11.6 Å². The van der Waals surface area contributed by atoms with Gasteiger partial charge in [0.05, 0.1) is 16.3 Å². The predicted molar refractivity (Wildman–Crippen MR) is 119 cm³/mol. The molecule has 1 saturated heterocycles. The summed E-state index contributed by atoms with van der Waals surface area (Å²) in [6.45, 7) is 1.30. The lowest BCUT2D eigenvalue weighted by Crippen LogP contribution is -2.39. The maximum Gasteiger partial charge on any atom is 0.253 e. The molecule has 1 N–H and O–H groups in total. The first-order valence-electron chi connectivity index (χ1n) is 11.9. The summed E-state index contributed by atoms with van der Waals surface area (Å²) < 4.78 is 34.6. The zero-order valence-electron chi connectivity index (χ0n) is 18.2. The molecule has 5 nitrogen and oxygen atoms in total. The molecule has 0 atom stereocenters. The number of fused-ring (bicyclic) bond motifs is 1. The number of nitrogens with zero attached hydrogens (tertiary/aromatic N) is 2. The molecule has 3 heterocycles. The average molecular weight is 466 g/mol. The number of aromatic nitrogens is 2. The number of ether oxygens (including phenoxy) is 1. The first-order chi connectivity index (χ1) is 15.4. The Balaban J connectivity index is 1.42. The van der Waals surface area contributed by atoms with E-state index >= 15 is 0 Å². The van der Waals surface area contributed by atoms with Gasteiger partial charge in [0, 0.05) is 49.9 Å². The lowest BCUT2D eigenvalue weighted by Gasteiger charge is -2.29. The van der Waals surface area contributed by atoms with E-state index in [2.05, 4.69) is 5.32 Å². The molecule has 1 aliphatic heterocycles. The van der Waals surface area contributed by atoms with Crippen molar-refractivity contribution in [2.24, 2.45) is 5.92 Å². The van der Waals surface area contributed by atoms with Crippen LogP contribution in [0.4, 0.5) is 8.78 Å². The number of carbonyl (C=O) groups is 1. The van der Waals surface area contributed by atoms with Gasteiger partial charge >= 0.3 is 0 Å². The Morgan fingerprint density at radius 2 is 1.91 bits per heavy atom. The largest absolute Gasteiger partial charge is 0.381 e. The van der Waals surface area contributed by atoms with E-state index in [1.807, 2.05) is 4.40 Å². The maximum absolute atomic E-state index is 13.6. The van der Waals surface area contributed by atoms with Crippen LogP contribution in [0.15, 0.2) is 12.3 Å². The Labute approximate surface area is 191 Å². The van der Waals surface area contributed by atoms with Gasteiger partial charge in [-0.2, -0.15) is 0 Å². The zero-order valence-corrected chi connectivity index (χ0v) is 19.0. The number of nitrogens with one attached hydrogen (secondary N) is 1. The number of hydrogen-bond acceptors (Lipinski definition) is 3. The lowest BCUT2D eigenvalue weighted by molar-refractivity contribution is -0.0457. The van der Waals surface area contributed by atoms with E-state index in [9.17, 15) is 13.6 Å². The van der Waals surface area contributed by atoms with E-state index in [0.29, 0.717) is 48.2 Å². The predicted octanol–water partition coefficient (Wildman–Crippen LogP) is 5.53. The quantitative estimate of drug-likeness (QED) is 0.631. The SMILES string of the molecule is O=C(NC1CCOCC1)c1cc2nc(C3CCC3)c(CC3CCC(F)(F)CC3)n2cc1Cl. The second kappa shape index (κ2) is 8.90. The van der Waals surface area contributed by atoms with Crippen LogP contribution in [0.25, 0.3) is 5.65 Å². The number of imidazole rings is 1. The Kier molecular flexibility index (Phi) is 6.14. The maximum atomic E-state index is 13.6. The molecule has 0 unspecified atom stereocenters. The molecule has 2 aromatic rings. The number of amides is 1. The minimum Gasteiger partial charge on any atom is -0.381 e. The molecule has 2 aromatic heterocycles. The van der Waals surface area contributed by atoms with Crippen LogP contribution < -0.4 is 5.32 Å². The van der Waals surface area contributed by atoms with Crippen molar-refractivity contribution in [2.75, 3.05) is 13.2 Å². The summed E-state index contributed by atoms with van der Waals surface area (Å²) in [6, 6.07) is 1.87. The van der Waals surface area contributed by atoms with Crippen molar-refractivity contribution in [3.8, 4) is 0 Å². The van der Waals surface area contributed by atoms with Crippen molar-refractivity contribution in [3.05, 3.63) is 34.2 Å². The number of hydrogen-bond donors (Lipinski definition) is 1. The van der Waals surface area contributed by atoms with Gasteiger partial charge in [0.1, 0.15) is 5.65 Å². The third-order valence-electron chi connectivity index (χ3n) is 7.45. The van der Waals surface area contributed by atoms with Crippen LogP contribution in [0.1, 0.15) is 85.5 Å². The van der Waals surface area contributed by atoms with Crippen LogP contribution in [-0.2, 0) is 11.2 Å². The van der Waals surface area contributed by atoms with Crippen LogP contribution in [0.3, 0.4) is 0 Å². The van der Waals surface area contributed by atoms with Crippen molar-refractivity contribution in [3.63, 3.8) is 0 Å². The van der Waals surface area contributed by atoms with E-state index in [4.69, 9.17) is 21.3 Å². The average Bonchev–Trinajstić information content (AvgIpc) is 3.05. The van der Waals surface area contributed by atoms with Crippen molar-refractivity contribution in [1.82, 2.24) is 14.7 Å². The lowest BCUT2D eigenvalue weighted by atomic mass is 9.79. The molecule has 0 bridgehead atoms. The summed E-state index contributed by atoms with van der Waals surface area (Å²) in [5, 5.41) is 3.45. The van der Waals surface area contributed by atoms with Gasteiger partial charge in [0.2, 0.25) is 5.92 Å². The highest BCUT2D eigenvalue weighted by Gasteiger charge is 2.36. The van der Waals surface area contributed by atoms with Crippen LogP contribution in [-0.4, -0.2) is 40.5 Å². The highest BCUT2D eigenvalue weighted by atomic mass is 35.5. The number of halogens is 3. The first-order valence-corrected chi connectivity index (χ1v) is 12.2. The Bertz CT molecular complexity index is 989. The Morgan fingerprint density at radius 3 is 2.56 bits per heavy atom. The molecule has 0 aromatic carbocycles. The Morgan fingerprint density at radius 1 is 1.19 bits per heavy atom. The monoisotopic (exact) mass is 465 g/mol. The topological polar surface area (TPSA) is 55.6 Å². The van der Waals surface area contributed by atoms with Crippen LogP contribution in [0.5, 0.6) is 0 Å². The molecule has 5 rings (SSSR count). The summed E-state index contributed by atoms with van der Waals surface area (Å²) in [5.41, 5.74) is 3.29. The van der Waals surface area contributed by atoms with E-state index < -0.39 is 5.92 Å². The van der Waals surface area contributed by atoms with E-state index in [1.54, 1.807) is 12.3 Å². The molecular weight excluding hydrogens is 436 g/mol. The first kappa shape index (κ1) is 22.1. The molecule has 2 saturated carbocycles. The second-order valence-electron chi connectivity index (χ2n) is 9.70. The van der Waals surface area contributed by atoms with Gasteiger partial charge in [-0.15, -0.1) is 0 Å². The molecule has 8 heteroatoms. The fraction of sp³-hybridized carbons (Fsp3) is 0.667. The highest BCUT2D eigenvalue weighted by Crippen LogP contribution is 2.42. The number of carbonyl (C=O) groups excluding carboxylic acids is 1. The summed E-state index contributed by atoms with van der Waals surface area (Å²) in [6.07, 6.45) is 8.49. The highest BCUT2D eigenvalue weighted by molar-refractivity contribution is 6.33. The number of alkyl halides is 2. The van der Waals surface area contributed by atoms with Gasteiger partial charge < -0.3 is 14.5 Å².